The van der Waals surface area contributed by atoms with Gasteiger partial charge < -0.3 is 10.6 Å². The van der Waals surface area contributed by atoms with E-state index in [2.05, 4.69) is 13.8 Å². The van der Waals surface area contributed by atoms with Gasteiger partial charge in [-0.15, -0.1) is 0 Å². The zero-order valence-electron chi connectivity index (χ0n) is 12.2. The lowest BCUT2D eigenvalue weighted by molar-refractivity contribution is -0.142. The molecule has 0 spiro atoms. The Morgan fingerprint density at radius 1 is 1.05 bits per heavy atom. The molecule has 2 N–H and O–H groups in total. The van der Waals surface area contributed by atoms with Gasteiger partial charge in [-0.2, -0.15) is 0 Å². The summed E-state index contributed by atoms with van der Waals surface area (Å²) >= 11 is 5.30. The summed E-state index contributed by atoms with van der Waals surface area (Å²) in [6, 6.07) is 0. The van der Waals surface area contributed by atoms with Crippen LogP contribution in [0.3, 0.4) is 0 Å². The maximum absolute atomic E-state index is 13.1. The van der Waals surface area contributed by atoms with Crippen LogP contribution in [0, 0.1) is 5.41 Å². The maximum Gasteiger partial charge on any atom is 0.236 e. The third-order valence-electron chi connectivity index (χ3n) is 4.98. The Labute approximate surface area is 121 Å². The molecule has 1 aliphatic heterocycles. The van der Waals surface area contributed by atoms with Crippen molar-refractivity contribution in [3.05, 3.63) is 0 Å². The fourth-order valence-corrected chi connectivity index (χ4v) is 3.93. The van der Waals surface area contributed by atoms with Gasteiger partial charge in [0.15, 0.2) is 0 Å². The molecule has 0 unspecified atom stereocenters. The number of nitrogens with zero attached hydrogens (tertiary/aromatic N) is 1. The Morgan fingerprint density at radius 2 is 1.63 bits per heavy atom. The lowest BCUT2D eigenvalue weighted by Crippen LogP contribution is -2.54. The largest absolute Gasteiger partial charge is 0.392 e. The second-order valence-corrected chi connectivity index (χ2v) is 7.17. The predicted molar refractivity (Wildman–Crippen MR) is 81.9 cm³/mol. The van der Waals surface area contributed by atoms with E-state index in [0.29, 0.717) is 4.99 Å². The van der Waals surface area contributed by atoms with E-state index in [-0.39, 0.29) is 11.4 Å². The highest BCUT2D eigenvalue weighted by molar-refractivity contribution is 7.80. The lowest BCUT2D eigenvalue weighted by Gasteiger charge is -2.40. The van der Waals surface area contributed by atoms with Gasteiger partial charge in [0.2, 0.25) is 5.91 Å². The first-order chi connectivity index (χ1) is 8.90. The van der Waals surface area contributed by atoms with Crippen molar-refractivity contribution in [2.75, 3.05) is 6.54 Å². The minimum absolute atomic E-state index is 0.0405. The molecule has 0 atom stereocenters. The van der Waals surface area contributed by atoms with Gasteiger partial charge in [0.25, 0.3) is 0 Å². The fraction of sp³-hybridized carbons (Fsp3) is 0.867. The molecule has 0 aromatic carbocycles. The first-order valence-electron chi connectivity index (χ1n) is 7.52. The summed E-state index contributed by atoms with van der Waals surface area (Å²) in [6.45, 7) is 5.17. The molecule has 0 aromatic heterocycles. The van der Waals surface area contributed by atoms with E-state index < -0.39 is 5.41 Å². The third-order valence-corrected chi connectivity index (χ3v) is 5.38. The minimum Gasteiger partial charge on any atom is -0.392 e. The molecule has 19 heavy (non-hydrogen) atoms. The quantitative estimate of drug-likeness (QED) is 0.625. The normalized spacial score (nSPS) is 25.9. The van der Waals surface area contributed by atoms with Crippen molar-refractivity contribution in [2.45, 2.75) is 70.8 Å². The average Bonchev–Trinajstić information content (AvgIpc) is 2.57. The summed E-state index contributed by atoms with van der Waals surface area (Å²) in [5.41, 5.74) is 5.41. The molecule has 4 heteroatoms. The van der Waals surface area contributed by atoms with Crippen LogP contribution in [-0.4, -0.2) is 27.9 Å². The zero-order chi connectivity index (χ0) is 14.1. The smallest absolute Gasteiger partial charge is 0.236 e. The average molecular weight is 282 g/mol. The van der Waals surface area contributed by atoms with Gasteiger partial charge in [0.1, 0.15) is 0 Å². The van der Waals surface area contributed by atoms with Crippen LogP contribution >= 0.6 is 12.2 Å². The molecule has 2 rings (SSSR count). The predicted octanol–water partition coefficient (Wildman–Crippen LogP) is 3.01. The topological polar surface area (TPSA) is 46.3 Å². The van der Waals surface area contributed by atoms with Crippen molar-refractivity contribution in [3.8, 4) is 0 Å². The van der Waals surface area contributed by atoms with Gasteiger partial charge in [-0.25, -0.2) is 0 Å². The van der Waals surface area contributed by atoms with E-state index in [1.165, 1.54) is 12.8 Å². The summed E-state index contributed by atoms with van der Waals surface area (Å²) in [7, 11) is 0. The Balaban J connectivity index is 2.28. The van der Waals surface area contributed by atoms with Crippen LogP contribution in [0.1, 0.15) is 65.2 Å². The molecule has 0 bridgehead atoms. The third kappa shape index (κ3) is 2.64. The molecule has 2 aliphatic rings. The molecule has 3 nitrogen and oxygen atoms in total. The number of carbonyl (C=O) groups is 1. The molecule has 1 amide bonds. The van der Waals surface area contributed by atoms with Gasteiger partial charge in [-0.1, -0.05) is 37.9 Å². The number of hydrogen-bond acceptors (Lipinski definition) is 2. The van der Waals surface area contributed by atoms with Crippen LogP contribution in [0.15, 0.2) is 0 Å². The van der Waals surface area contributed by atoms with E-state index in [4.69, 9.17) is 18.0 Å². The Morgan fingerprint density at radius 3 is 2.05 bits per heavy atom. The Kier molecular flexibility index (Phi) is 4.19. The number of carbonyl (C=O) groups excluding carboxylic acids is 1. The number of amides is 1. The van der Waals surface area contributed by atoms with Crippen LogP contribution in [0.25, 0.3) is 0 Å². The monoisotopic (exact) mass is 282 g/mol. The number of thiocarbonyl (C=S) groups is 1. The van der Waals surface area contributed by atoms with Crippen LogP contribution in [0.4, 0.5) is 0 Å². The number of hydrogen-bond donors (Lipinski definition) is 1. The lowest BCUT2D eigenvalue weighted by atomic mass is 9.78. The van der Waals surface area contributed by atoms with Crippen LogP contribution in [0.5, 0.6) is 0 Å². The van der Waals surface area contributed by atoms with Crippen LogP contribution in [-0.2, 0) is 4.79 Å². The first kappa shape index (κ1) is 14.8. The minimum atomic E-state index is -0.562. The summed E-state index contributed by atoms with van der Waals surface area (Å²) in [4.78, 5) is 15.5. The summed E-state index contributed by atoms with van der Waals surface area (Å²) in [5.74, 6) is 0.199. The maximum atomic E-state index is 13.1. The molecule has 1 heterocycles. The van der Waals surface area contributed by atoms with Gasteiger partial charge >= 0.3 is 0 Å². The van der Waals surface area contributed by atoms with Gasteiger partial charge in [0, 0.05) is 12.1 Å². The van der Waals surface area contributed by atoms with E-state index in [1.807, 2.05) is 4.90 Å². The second-order valence-electron chi connectivity index (χ2n) is 6.73. The van der Waals surface area contributed by atoms with Gasteiger partial charge in [-0.05, 0) is 39.5 Å². The molecular formula is C15H26N2OS. The molecule has 0 radical (unpaired) electrons. The van der Waals surface area contributed by atoms with Crippen LogP contribution in [0.2, 0.25) is 0 Å². The standard InChI is InChI=1S/C15H26N2OS/c1-14(2)8-7-11-17(14)13(18)15(12(16)19)9-5-3-4-6-10-15/h3-11H2,1-2H3,(H2,16,19). The number of likely N-dealkylation sites (tertiary alicyclic amines) is 1. The molecule has 1 aliphatic carbocycles. The van der Waals surface area contributed by atoms with E-state index in [9.17, 15) is 4.79 Å². The zero-order valence-corrected chi connectivity index (χ0v) is 13.0. The molecule has 2 fully saturated rings. The highest BCUT2D eigenvalue weighted by Gasteiger charge is 2.48. The van der Waals surface area contributed by atoms with Crippen molar-refractivity contribution < 1.29 is 4.79 Å². The summed E-state index contributed by atoms with van der Waals surface area (Å²) in [5, 5.41) is 0. The molecule has 0 aromatic rings. The molecule has 1 saturated heterocycles. The highest BCUT2D eigenvalue weighted by atomic mass is 32.1. The molecule has 1 saturated carbocycles. The number of nitrogens with two attached hydrogens (primary N) is 1. The van der Waals surface area contributed by atoms with Crippen molar-refractivity contribution in [2.24, 2.45) is 11.1 Å². The van der Waals surface area contributed by atoms with Crippen molar-refractivity contribution in [3.63, 3.8) is 0 Å². The van der Waals surface area contributed by atoms with Crippen LogP contribution < -0.4 is 5.73 Å². The summed E-state index contributed by atoms with van der Waals surface area (Å²) < 4.78 is 0. The van der Waals surface area contributed by atoms with Crippen molar-refractivity contribution in [1.29, 1.82) is 0 Å². The first-order valence-corrected chi connectivity index (χ1v) is 7.93. The van der Waals surface area contributed by atoms with Gasteiger partial charge in [0.05, 0.1) is 10.4 Å². The van der Waals surface area contributed by atoms with Crippen molar-refractivity contribution in [1.82, 2.24) is 4.90 Å². The van der Waals surface area contributed by atoms with Crippen molar-refractivity contribution >= 4 is 23.1 Å². The molecular weight excluding hydrogens is 256 g/mol. The summed E-state index contributed by atoms with van der Waals surface area (Å²) in [6.07, 6.45) is 8.37. The SMILES string of the molecule is CC1(C)CCCN1C(=O)C1(C(N)=S)CCCCCC1. The Hall–Kier alpha value is -0.640. The van der Waals surface area contributed by atoms with Gasteiger partial charge in [-0.3, -0.25) is 4.79 Å². The molecule has 108 valence electrons. The second kappa shape index (κ2) is 5.39. The highest BCUT2D eigenvalue weighted by Crippen LogP contribution is 2.41. The van der Waals surface area contributed by atoms with E-state index >= 15 is 0 Å². The van der Waals surface area contributed by atoms with E-state index in [0.717, 1.165) is 45.1 Å². The fourth-order valence-electron chi connectivity index (χ4n) is 3.64. The number of rotatable bonds is 2. The van der Waals surface area contributed by atoms with E-state index in [1.54, 1.807) is 0 Å². The Bertz CT molecular complexity index is 370.